The average Bonchev–Trinajstić information content (AvgIpc) is 0.819. The summed E-state index contributed by atoms with van der Waals surface area (Å²) in [5.74, 6) is 6.31. The van der Waals surface area contributed by atoms with Gasteiger partial charge in [-0.1, -0.05) is 234 Å². The van der Waals surface area contributed by atoms with Gasteiger partial charge >= 0.3 is 0 Å². The van der Waals surface area contributed by atoms with Gasteiger partial charge in [0.2, 0.25) is 0 Å². The Hall–Kier alpha value is -11.0. The first-order valence-electron chi connectivity index (χ1n) is 35.5. The molecule has 0 aromatic heterocycles. The Bertz CT molecular complexity index is 5090. The molecule has 19 heteroatoms. The van der Waals surface area contributed by atoms with E-state index in [0.29, 0.717) is 89.4 Å². The second kappa shape index (κ2) is 42.8. The molecule has 0 saturated heterocycles. The fraction of sp³-hybridized carbons (Fsp3) is 0.174. The van der Waals surface area contributed by atoms with Crippen LogP contribution in [0.3, 0.4) is 0 Å². The monoisotopic (exact) mass is 1560 g/mol. The van der Waals surface area contributed by atoms with Gasteiger partial charge in [-0.2, -0.15) is 0 Å². The molecule has 0 radical (unpaired) electrons. The second-order valence-electron chi connectivity index (χ2n) is 25.2. The van der Waals surface area contributed by atoms with Crippen molar-refractivity contribution in [2.24, 2.45) is 0 Å². The highest BCUT2D eigenvalue weighted by Gasteiger charge is 2.22. The first kappa shape index (κ1) is 84.0. The third kappa shape index (κ3) is 24.5. The fourth-order valence-electron chi connectivity index (χ4n) is 11.5. The van der Waals surface area contributed by atoms with Gasteiger partial charge in [0.25, 0.3) is 0 Å². The van der Waals surface area contributed by atoms with Crippen LogP contribution in [0.5, 0.6) is 57.5 Å². The molecule has 0 aliphatic carbocycles. The Kier molecular flexibility index (Phi) is 32.4. The van der Waals surface area contributed by atoms with E-state index < -0.39 is 5.82 Å². The summed E-state index contributed by atoms with van der Waals surface area (Å²) < 4.78 is 71.0. The zero-order valence-corrected chi connectivity index (χ0v) is 68.2. The summed E-state index contributed by atoms with van der Waals surface area (Å²) in [5, 5.41) is 7.58. The van der Waals surface area contributed by atoms with Crippen LogP contribution in [0.25, 0.3) is 0 Å². The van der Waals surface area contributed by atoms with Crippen molar-refractivity contribution in [3.8, 4) is 57.5 Å². The Morgan fingerprint density at radius 1 is 0.288 bits per heavy atom. The van der Waals surface area contributed by atoms with Crippen molar-refractivity contribution in [3.63, 3.8) is 0 Å². The van der Waals surface area contributed by atoms with Crippen LogP contribution in [0, 0.1) is 19.7 Å². The van der Waals surface area contributed by atoms with Crippen LogP contribution in [-0.4, -0.2) is 65.8 Å². The minimum atomic E-state index is -0.437. The molecule has 0 heterocycles. The molecule has 0 amide bonds. The maximum atomic E-state index is 13.7. The summed E-state index contributed by atoms with van der Waals surface area (Å²) in [7, 11) is 10.6. The number of aryl methyl sites for hydroxylation is 2. The predicted molar refractivity (Wildman–Crippen MR) is 454 cm³/mol. The number of carbonyl (C=O) groups is 4. The van der Waals surface area contributed by atoms with Crippen molar-refractivity contribution in [3.05, 3.63) is 322 Å². The lowest BCUT2D eigenvalue weighted by Crippen LogP contribution is -2.17. The maximum absolute atomic E-state index is 13.7. The van der Waals surface area contributed by atoms with Crippen LogP contribution in [0.2, 0.25) is 0 Å². The van der Waals surface area contributed by atoms with Crippen molar-refractivity contribution < 1.29 is 70.9 Å². The molecule has 14 nitrogen and oxygen atoms in total. The van der Waals surface area contributed by atoms with E-state index in [4.69, 9.17) is 47.4 Å². The van der Waals surface area contributed by atoms with Gasteiger partial charge in [0, 0.05) is 55.6 Å². The minimum Gasteiger partial charge on any atom is -0.497 e. The first-order chi connectivity index (χ1) is 53.8. The topological polar surface area (TPSA) is 161 Å². The van der Waals surface area contributed by atoms with E-state index >= 15 is 0 Å². The van der Waals surface area contributed by atoms with Crippen LogP contribution in [0.15, 0.2) is 261 Å². The lowest BCUT2D eigenvalue weighted by molar-refractivity contribution is 0.101. The number of para-hydroxylation sites is 1. The van der Waals surface area contributed by atoms with Crippen molar-refractivity contribution >= 4 is 99.9 Å². The van der Waals surface area contributed by atoms with Crippen molar-refractivity contribution in [2.75, 3.05) is 42.7 Å². The van der Waals surface area contributed by atoms with Gasteiger partial charge in [0.05, 0.1) is 42.7 Å². The lowest BCUT2D eigenvalue weighted by atomic mass is 10.1. The van der Waals surface area contributed by atoms with E-state index in [9.17, 15) is 23.6 Å². The molecule has 570 valence electrons. The van der Waals surface area contributed by atoms with Gasteiger partial charge in [0.1, 0.15) is 55.2 Å². The molecule has 12 aromatic rings. The van der Waals surface area contributed by atoms with E-state index in [1.807, 2.05) is 250 Å². The van der Waals surface area contributed by atoms with E-state index in [2.05, 4.69) is 0 Å². The van der Waals surface area contributed by atoms with Crippen LogP contribution in [-0.2, 0) is 26.4 Å². The van der Waals surface area contributed by atoms with Crippen LogP contribution >= 0.6 is 34.3 Å². The highest BCUT2D eigenvalue weighted by atomic mass is 31.1. The molecule has 111 heavy (non-hydrogen) atoms. The molecular weight excluding hydrogens is 1470 g/mol. The summed E-state index contributed by atoms with van der Waals surface area (Å²) in [5.41, 5.74) is 9.11. The van der Waals surface area contributed by atoms with Gasteiger partial charge in [0.15, 0.2) is 57.6 Å². The largest absolute Gasteiger partial charge is 0.497 e. The predicted octanol–water partition coefficient (Wildman–Crippen LogP) is 17.2. The summed E-state index contributed by atoms with van der Waals surface area (Å²) in [6.45, 7) is 12.0. The molecule has 0 aliphatic heterocycles. The lowest BCUT2D eigenvalue weighted by Gasteiger charge is -2.18. The van der Waals surface area contributed by atoms with Gasteiger partial charge in [-0.05, 0) is 145 Å². The number of ether oxygens (including phenoxy) is 10. The van der Waals surface area contributed by atoms with Gasteiger partial charge < -0.3 is 47.4 Å². The molecule has 4 unspecified atom stereocenters. The fourth-order valence-corrected chi connectivity index (χ4v) is 17.0. The smallest absolute Gasteiger partial charge is 0.169 e. The quantitative estimate of drug-likeness (QED) is 0.0309. The van der Waals surface area contributed by atoms with E-state index in [0.717, 1.165) is 110 Å². The summed E-state index contributed by atoms with van der Waals surface area (Å²) >= 11 is 0. The van der Waals surface area contributed by atoms with Crippen LogP contribution < -0.4 is 89.8 Å². The number of benzene rings is 12. The van der Waals surface area contributed by atoms with Crippen molar-refractivity contribution in [2.45, 2.75) is 68.0 Å². The molecular formula is C92H91FO14P4. The summed E-state index contributed by atoms with van der Waals surface area (Å²) in [6.07, 6.45) is 0. The number of methoxy groups -OCH3 is 6. The Morgan fingerprint density at radius 3 is 1.14 bits per heavy atom. The van der Waals surface area contributed by atoms with Crippen LogP contribution in [0.4, 0.5) is 4.39 Å². The third-order valence-electron chi connectivity index (χ3n) is 17.2. The summed E-state index contributed by atoms with van der Waals surface area (Å²) in [4.78, 5) is 48.2. The Balaban J connectivity index is 0.000000170. The molecule has 0 bridgehead atoms. The minimum absolute atomic E-state index is 0.0460. The number of Topliss-reactive ketones (excluding diaryl/α,β-unsaturated/α-hetero) is 4. The Labute approximate surface area is 657 Å². The third-order valence-corrected chi connectivity index (χ3v) is 22.8. The number of carbonyl (C=O) groups excluding carboxylic acids is 4. The van der Waals surface area contributed by atoms with Gasteiger partial charge in [-0.3, -0.25) is 19.2 Å². The van der Waals surface area contributed by atoms with Crippen molar-refractivity contribution in [1.82, 2.24) is 0 Å². The average molecular weight is 1560 g/mol. The highest BCUT2D eigenvalue weighted by molar-refractivity contribution is 7.57. The number of halogens is 1. The number of hydrogen-bond donors (Lipinski definition) is 0. The number of ketones is 4. The molecule has 0 spiro atoms. The van der Waals surface area contributed by atoms with E-state index in [1.54, 1.807) is 75.6 Å². The van der Waals surface area contributed by atoms with E-state index in [-0.39, 0.29) is 40.3 Å². The maximum Gasteiger partial charge on any atom is 0.169 e. The molecule has 4 atom stereocenters. The van der Waals surface area contributed by atoms with E-state index in [1.165, 1.54) is 19.1 Å². The molecule has 12 rings (SSSR count). The molecule has 0 fully saturated rings. The number of hydrogen-bond acceptors (Lipinski definition) is 14. The zero-order valence-electron chi connectivity index (χ0n) is 64.2. The number of rotatable bonds is 30. The molecule has 0 saturated carbocycles. The van der Waals surface area contributed by atoms with Crippen molar-refractivity contribution in [1.29, 1.82) is 0 Å². The van der Waals surface area contributed by atoms with Gasteiger partial charge in [-0.15, -0.1) is 0 Å². The standard InChI is InChI=1S/C23H22FO4P.C23H23O4P.2C23H23O3P/c1-15(25)19-11-17(24)9-10-21(19)29-22-13-18(26-2)12-20(27-3)23(22)28-14-16-7-5-4-6-8-16;1-16(24)19-11-7-8-12-21(19)28-22-14-18(25-2)13-20(26-3)23(22)27-15-17-9-5-4-6-10-17;1-16-9-7-12-19(17(2)24)23(16)27-21-14-8-13-20(25-3)22(21)26-15-18-10-5-4-6-11-18;1-16-9-12-22(20(13-16)17(2)24)27-23-14-19(25-3)10-11-21(23)26-15-18-7-5-4-6-8-18/h4-13,29H,14H2,1-3H3;4-14,28H,15H2,1-3H3;2*4-14,27H,15H2,1-3H3. The summed E-state index contributed by atoms with van der Waals surface area (Å²) in [6, 6.07) is 82.8. The zero-order chi connectivity index (χ0) is 79.2. The van der Waals surface area contributed by atoms with Crippen LogP contribution in [0.1, 0.15) is 103 Å². The second-order valence-corrected chi connectivity index (χ2v) is 30.5. The Morgan fingerprint density at radius 2 is 0.676 bits per heavy atom. The first-order valence-corrected chi connectivity index (χ1v) is 39.5. The molecule has 0 aliphatic rings. The highest BCUT2D eigenvalue weighted by Crippen LogP contribution is 2.38. The normalized spacial score (nSPS) is 10.9. The van der Waals surface area contributed by atoms with Gasteiger partial charge in [-0.25, -0.2) is 4.39 Å². The molecule has 12 aromatic carbocycles. The molecule has 0 N–H and O–H groups in total. The SMILES string of the molecule is COc1cc(OC)c(OCc2ccccc2)c(Pc2ccc(F)cc2C(C)=O)c1.COc1cc(OC)c(OCc2ccccc2)c(Pc2ccccc2C(C)=O)c1.COc1ccc(OCc2ccccc2)c(Pc2ccc(C)cc2C(C)=O)c1.COc1cccc(Pc2c(C)cccc2C(C)=O)c1OCc1ccccc1.